The number of nitrogens with zero attached hydrogens (tertiary/aromatic N) is 3. The fraction of sp³-hybridized carbons (Fsp3) is 0.636. The fourth-order valence-corrected chi connectivity index (χ4v) is 4.51. The first kappa shape index (κ1) is 22.4. The van der Waals surface area contributed by atoms with E-state index >= 15 is 0 Å². The molecule has 0 atom stereocenters. The number of rotatable bonds is 6. The van der Waals surface area contributed by atoms with Crippen LogP contribution in [0.3, 0.4) is 0 Å². The molecule has 1 aromatic carbocycles. The van der Waals surface area contributed by atoms with Crippen LogP contribution >= 0.6 is 0 Å². The number of amides is 1. The Morgan fingerprint density at radius 1 is 1.10 bits per heavy atom. The van der Waals surface area contributed by atoms with Crippen LogP contribution in [0, 0.1) is 17.2 Å². The number of alkyl halides is 3. The van der Waals surface area contributed by atoms with Crippen LogP contribution < -0.4 is 10.2 Å². The topological polar surface area (TPSA) is 59.4 Å². The molecule has 0 spiro atoms. The van der Waals surface area contributed by atoms with Crippen molar-refractivity contribution in [1.82, 2.24) is 10.2 Å². The van der Waals surface area contributed by atoms with E-state index in [9.17, 15) is 18.0 Å². The van der Waals surface area contributed by atoms with E-state index in [1.165, 1.54) is 6.07 Å². The van der Waals surface area contributed by atoms with E-state index in [-0.39, 0.29) is 24.1 Å². The van der Waals surface area contributed by atoms with E-state index in [1.807, 2.05) is 11.0 Å². The number of para-hydroxylation sites is 1. The van der Waals surface area contributed by atoms with Crippen molar-refractivity contribution < 1.29 is 18.0 Å². The Morgan fingerprint density at radius 2 is 1.77 bits per heavy atom. The average molecular weight is 422 g/mol. The summed E-state index contributed by atoms with van der Waals surface area (Å²) in [5.74, 6) is 0.434. The molecule has 0 radical (unpaired) electrons. The molecule has 0 aromatic heterocycles. The third kappa shape index (κ3) is 6.11. The van der Waals surface area contributed by atoms with Gasteiger partial charge in [0.2, 0.25) is 5.91 Å². The number of piperazine rings is 1. The summed E-state index contributed by atoms with van der Waals surface area (Å²) in [6.07, 6.45) is 0.693. The Balaban J connectivity index is 1.39. The molecule has 1 aliphatic heterocycles. The van der Waals surface area contributed by atoms with Crippen LogP contribution in [0.5, 0.6) is 0 Å². The number of anilines is 1. The molecule has 1 N–H and O–H groups in total. The molecule has 1 saturated carbocycles. The second-order valence-electron chi connectivity index (χ2n) is 8.25. The lowest BCUT2D eigenvalue weighted by Gasteiger charge is -2.38. The number of halogens is 3. The standard InChI is InChI=1S/C22H29F3N4O/c23-22(24,25)19-3-1-2-4-20(19)29-15-13-28(14-16-29)12-10-17-5-7-18(8-6-17)27-21(30)9-11-26/h1-4,17-18H,5-10,12-16H2,(H,27,30). The van der Waals surface area contributed by atoms with Crippen molar-refractivity contribution in [2.24, 2.45) is 5.92 Å². The molecule has 1 heterocycles. The summed E-state index contributed by atoms with van der Waals surface area (Å²) in [5.41, 5.74) is -0.279. The highest BCUT2D eigenvalue weighted by Gasteiger charge is 2.35. The van der Waals surface area contributed by atoms with Crippen molar-refractivity contribution in [2.45, 2.75) is 50.7 Å². The predicted octanol–water partition coefficient (Wildman–Crippen LogP) is 3.81. The maximum Gasteiger partial charge on any atom is 0.418 e. The maximum absolute atomic E-state index is 13.3. The molecule has 1 aliphatic carbocycles. The zero-order chi connectivity index (χ0) is 21.6. The molecular weight excluding hydrogens is 393 g/mol. The highest BCUT2D eigenvalue weighted by Crippen LogP contribution is 2.36. The molecule has 3 rings (SSSR count). The normalized spacial score (nSPS) is 23.1. The van der Waals surface area contributed by atoms with E-state index in [0.29, 0.717) is 19.0 Å². The minimum Gasteiger partial charge on any atom is -0.368 e. The number of benzene rings is 1. The molecule has 2 fully saturated rings. The molecule has 8 heteroatoms. The van der Waals surface area contributed by atoms with E-state index in [4.69, 9.17) is 5.26 Å². The summed E-state index contributed by atoms with van der Waals surface area (Å²) in [7, 11) is 0. The number of hydrogen-bond acceptors (Lipinski definition) is 4. The summed E-state index contributed by atoms with van der Waals surface area (Å²) < 4.78 is 39.8. The van der Waals surface area contributed by atoms with E-state index < -0.39 is 11.7 Å². The lowest BCUT2D eigenvalue weighted by atomic mass is 9.84. The van der Waals surface area contributed by atoms with Crippen LogP contribution in [0.2, 0.25) is 0 Å². The molecule has 164 valence electrons. The van der Waals surface area contributed by atoms with Gasteiger partial charge in [0.1, 0.15) is 6.42 Å². The largest absolute Gasteiger partial charge is 0.418 e. The highest BCUT2D eigenvalue weighted by molar-refractivity contribution is 5.78. The Hall–Kier alpha value is -2.27. The summed E-state index contributed by atoms with van der Waals surface area (Å²) in [6.45, 7) is 3.71. The minimum atomic E-state index is -4.33. The minimum absolute atomic E-state index is 0.0840. The molecular formula is C22H29F3N4O. The zero-order valence-corrected chi connectivity index (χ0v) is 17.1. The molecule has 1 aromatic rings. The monoisotopic (exact) mass is 422 g/mol. The van der Waals surface area contributed by atoms with Gasteiger partial charge in [0, 0.05) is 37.9 Å². The summed E-state index contributed by atoms with van der Waals surface area (Å²) in [6, 6.07) is 7.86. The van der Waals surface area contributed by atoms with Crippen molar-refractivity contribution in [3.05, 3.63) is 29.8 Å². The van der Waals surface area contributed by atoms with Crippen molar-refractivity contribution >= 4 is 11.6 Å². The maximum atomic E-state index is 13.3. The van der Waals surface area contributed by atoms with Crippen molar-refractivity contribution in [3.63, 3.8) is 0 Å². The third-order valence-corrected chi connectivity index (χ3v) is 6.23. The Bertz CT molecular complexity index is 745. The van der Waals surface area contributed by atoms with Gasteiger partial charge in [-0.15, -0.1) is 0 Å². The van der Waals surface area contributed by atoms with Gasteiger partial charge in [-0.05, 0) is 56.7 Å². The van der Waals surface area contributed by atoms with Crippen LogP contribution in [0.4, 0.5) is 18.9 Å². The molecule has 1 amide bonds. The molecule has 1 saturated heterocycles. The van der Waals surface area contributed by atoms with E-state index in [0.717, 1.165) is 57.8 Å². The van der Waals surface area contributed by atoms with Crippen molar-refractivity contribution in [1.29, 1.82) is 5.26 Å². The van der Waals surface area contributed by atoms with Gasteiger partial charge in [0.25, 0.3) is 0 Å². The SMILES string of the molecule is N#CCC(=O)NC1CCC(CCN2CCN(c3ccccc3C(F)(F)F)CC2)CC1. The molecule has 0 unspecified atom stereocenters. The Morgan fingerprint density at radius 3 is 2.40 bits per heavy atom. The molecule has 5 nitrogen and oxygen atoms in total. The van der Waals surface area contributed by atoms with Crippen LogP contribution in [0.25, 0.3) is 0 Å². The molecule has 0 bridgehead atoms. The quantitative estimate of drug-likeness (QED) is 0.758. The number of nitriles is 1. The van der Waals surface area contributed by atoms with Gasteiger partial charge in [-0.25, -0.2) is 0 Å². The first-order valence-electron chi connectivity index (χ1n) is 10.7. The predicted molar refractivity (Wildman–Crippen MR) is 109 cm³/mol. The Kier molecular flexibility index (Phi) is 7.59. The van der Waals surface area contributed by atoms with Gasteiger partial charge in [0.05, 0.1) is 11.6 Å². The van der Waals surface area contributed by atoms with Gasteiger partial charge in [-0.1, -0.05) is 12.1 Å². The molecule has 30 heavy (non-hydrogen) atoms. The van der Waals surface area contributed by atoms with Crippen LogP contribution in [0.15, 0.2) is 24.3 Å². The second-order valence-corrected chi connectivity index (χ2v) is 8.25. The summed E-state index contributed by atoms with van der Waals surface area (Å²) >= 11 is 0. The second kappa shape index (κ2) is 10.2. The van der Waals surface area contributed by atoms with Crippen LogP contribution in [-0.4, -0.2) is 49.6 Å². The van der Waals surface area contributed by atoms with Gasteiger partial charge >= 0.3 is 6.18 Å². The summed E-state index contributed by atoms with van der Waals surface area (Å²) in [4.78, 5) is 15.7. The fourth-order valence-electron chi connectivity index (χ4n) is 4.51. The van der Waals surface area contributed by atoms with Crippen LogP contribution in [-0.2, 0) is 11.0 Å². The number of carbonyl (C=O) groups excluding carboxylic acids is 1. The van der Waals surface area contributed by atoms with E-state index in [2.05, 4.69) is 10.2 Å². The average Bonchev–Trinajstić information content (AvgIpc) is 2.73. The van der Waals surface area contributed by atoms with Crippen LogP contribution in [0.1, 0.15) is 44.1 Å². The highest BCUT2D eigenvalue weighted by atomic mass is 19.4. The summed E-state index contributed by atoms with van der Waals surface area (Å²) in [5, 5.41) is 11.5. The third-order valence-electron chi connectivity index (χ3n) is 6.23. The van der Waals surface area contributed by atoms with Gasteiger partial charge in [0.15, 0.2) is 0 Å². The van der Waals surface area contributed by atoms with Gasteiger partial charge in [-0.2, -0.15) is 18.4 Å². The number of carbonyl (C=O) groups is 1. The number of nitrogens with one attached hydrogen (secondary N) is 1. The zero-order valence-electron chi connectivity index (χ0n) is 17.1. The van der Waals surface area contributed by atoms with Crippen molar-refractivity contribution in [3.8, 4) is 6.07 Å². The first-order valence-corrected chi connectivity index (χ1v) is 10.7. The van der Waals surface area contributed by atoms with Gasteiger partial charge < -0.3 is 10.2 Å². The first-order chi connectivity index (χ1) is 14.4. The van der Waals surface area contributed by atoms with Gasteiger partial charge in [-0.3, -0.25) is 9.69 Å². The lowest BCUT2D eigenvalue weighted by molar-refractivity contribution is -0.137. The van der Waals surface area contributed by atoms with Crippen molar-refractivity contribution in [2.75, 3.05) is 37.6 Å². The lowest BCUT2D eigenvalue weighted by Crippen LogP contribution is -2.47. The smallest absolute Gasteiger partial charge is 0.368 e. The number of hydrogen-bond donors (Lipinski definition) is 1. The Labute approximate surface area is 175 Å². The molecule has 2 aliphatic rings. The van der Waals surface area contributed by atoms with E-state index in [1.54, 1.807) is 12.1 Å².